The van der Waals surface area contributed by atoms with Crippen LogP contribution in [0.4, 0.5) is 5.69 Å². The Morgan fingerprint density at radius 1 is 1.37 bits per heavy atom. The SMILES string of the molecule is CN(C)C(=O)c1ccc(Cl)cc1NC1CCSCC1. The zero-order valence-corrected chi connectivity index (χ0v) is 12.9. The second-order valence-electron chi connectivity index (χ2n) is 4.92. The standard InChI is InChI=1S/C14H19ClN2OS/c1-17(2)14(18)12-4-3-10(15)9-13(12)16-11-5-7-19-8-6-11/h3-4,9,11,16H,5-8H2,1-2H3. The summed E-state index contributed by atoms with van der Waals surface area (Å²) in [4.78, 5) is 13.7. The van der Waals surface area contributed by atoms with Crippen LogP contribution in [0.25, 0.3) is 0 Å². The summed E-state index contributed by atoms with van der Waals surface area (Å²) in [6.45, 7) is 0. The lowest BCUT2D eigenvalue weighted by molar-refractivity contribution is 0.0828. The van der Waals surface area contributed by atoms with Gasteiger partial charge in [0.1, 0.15) is 0 Å². The summed E-state index contributed by atoms with van der Waals surface area (Å²) >= 11 is 8.04. The van der Waals surface area contributed by atoms with Crippen LogP contribution in [0.1, 0.15) is 23.2 Å². The van der Waals surface area contributed by atoms with Gasteiger partial charge in [-0.2, -0.15) is 11.8 Å². The molecule has 1 N–H and O–H groups in total. The Bertz CT molecular complexity index is 459. The Hall–Kier alpha value is -0.870. The molecule has 0 radical (unpaired) electrons. The fourth-order valence-electron chi connectivity index (χ4n) is 2.13. The molecule has 3 nitrogen and oxygen atoms in total. The monoisotopic (exact) mass is 298 g/mol. The number of hydrogen-bond donors (Lipinski definition) is 1. The van der Waals surface area contributed by atoms with Crippen LogP contribution in [-0.2, 0) is 0 Å². The minimum absolute atomic E-state index is 0.00403. The molecule has 19 heavy (non-hydrogen) atoms. The maximum Gasteiger partial charge on any atom is 0.255 e. The molecule has 0 saturated carbocycles. The number of hydrogen-bond acceptors (Lipinski definition) is 3. The van der Waals surface area contributed by atoms with Gasteiger partial charge in [-0.15, -0.1) is 0 Å². The van der Waals surface area contributed by atoms with Gasteiger partial charge in [0.25, 0.3) is 5.91 Å². The smallest absolute Gasteiger partial charge is 0.255 e. The van der Waals surface area contributed by atoms with Crippen molar-refractivity contribution in [3.8, 4) is 0 Å². The van der Waals surface area contributed by atoms with Crippen LogP contribution in [-0.4, -0.2) is 42.4 Å². The summed E-state index contributed by atoms with van der Waals surface area (Å²) in [5, 5.41) is 4.14. The number of thioether (sulfide) groups is 1. The fourth-order valence-corrected chi connectivity index (χ4v) is 3.40. The quantitative estimate of drug-likeness (QED) is 0.929. The maximum absolute atomic E-state index is 12.2. The summed E-state index contributed by atoms with van der Waals surface area (Å²) in [6, 6.07) is 5.85. The molecule has 0 unspecified atom stereocenters. The highest BCUT2D eigenvalue weighted by molar-refractivity contribution is 7.99. The number of anilines is 1. The summed E-state index contributed by atoms with van der Waals surface area (Å²) in [7, 11) is 3.52. The van der Waals surface area contributed by atoms with E-state index in [9.17, 15) is 4.79 Å². The van der Waals surface area contributed by atoms with Crippen molar-refractivity contribution in [1.82, 2.24) is 4.90 Å². The van der Waals surface area contributed by atoms with E-state index in [4.69, 9.17) is 11.6 Å². The zero-order chi connectivity index (χ0) is 13.8. The zero-order valence-electron chi connectivity index (χ0n) is 11.3. The lowest BCUT2D eigenvalue weighted by atomic mass is 10.1. The average molecular weight is 299 g/mol. The Kier molecular flexibility index (Phi) is 4.99. The van der Waals surface area contributed by atoms with Gasteiger partial charge >= 0.3 is 0 Å². The van der Waals surface area contributed by atoms with Gasteiger partial charge in [-0.05, 0) is 42.5 Å². The predicted molar refractivity (Wildman–Crippen MR) is 83.4 cm³/mol. The van der Waals surface area contributed by atoms with Gasteiger partial charge in [-0.1, -0.05) is 11.6 Å². The van der Waals surface area contributed by atoms with E-state index in [0.29, 0.717) is 16.6 Å². The van der Waals surface area contributed by atoms with E-state index in [1.165, 1.54) is 11.5 Å². The van der Waals surface area contributed by atoms with Gasteiger partial charge in [0, 0.05) is 30.8 Å². The topological polar surface area (TPSA) is 32.3 Å². The Labute approximate surface area is 123 Å². The van der Waals surface area contributed by atoms with Gasteiger partial charge in [-0.25, -0.2) is 0 Å². The third-order valence-electron chi connectivity index (χ3n) is 3.20. The van der Waals surface area contributed by atoms with Gasteiger partial charge in [0.05, 0.1) is 5.56 Å². The van der Waals surface area contributed by atoms with Crippen molar-refractivity contribution in [3.63, 3.8) is 0 Å². The van der Waals surface area contributed by atoms with E-state index in [2.05, 4.69) is 5.32 Å². The van der Waals surface area contributed by atoms with E-state index in [-0.39, 0.29) is 5.91 Å². The summed E-state index contributed by atoms with van der Waals surface area (Å²) in [6.07, 6.45) is 2.26. The normalized spacial score (nSPS) is 16.2. The van der Waals surface area contributed by atoms with E-state index >= 15 is 0 Å². The van der Waals surface area contributed by atoms with Crippen LogP contribution in [0.5, 0.6) is 0 Å². The van der Waals surface area contributed by atoms with Crippen molar-refractivity contribution in [1.29, 1.82) is 0 Å². The van der Waals surface area contributed by atoms with Crippen molar-refractivity contribution in [2.75, 3.05) is 30.9 Å². The molecule has 1 heterocycles. The largest absolute Gasteiger partial charge is 0.382 e. The van der Waals surface area contributed by atoms with E-state index in [1.807, 2.05) is 17.8 Å². The summed E-state index contributed by atoms with van der Waals surface area (Å²) in [5.41, 5.74) is 1.54. The molecule has 0 atom stereocenters. The summed E-state index contributed by atoms with van der Waals surface area (Å²) < 4.78 is 0. The fraction of sp³-hybridized carbons (Fsp3) is 0.500. The molecular formula is C14H19ClN2OS. The van der Waals surface area contributed by atoms with Crippen LogP contribution in [0.3, 0.4) is 0 Å². The molecular weight excluding hydrogens is 280 g/mol. The minimum atomic E-state index is 0.00403. The van der Waals surface area contributed by atoms with Crippen LogP contribution >= 0.6 is 23.4 Å². The molecule has 0 aliphatic carbocycles. The number of carbonyl (C=O) groups is 1. The number of halogens is 1. The van der Waals surface area contributed by atoms with Gasteiger partial charge in [0.2, 0.25) is 0 Å². The number of amides is 1. The molecule has 1 aliphatic heterocycles. The van der Waals surface area contributed by atoms with Gasteiger partial charge < -0.3 is 10.2 Å². The number of nitrogens with zero attached hydrogens (tertiary/aromatic N) is 1. The molecule has 1 aromatic rings. The molecule has 1 fully saturated rings. The molecule has 104 valence electrons. The third-order valence-corrected chi connectivity index (χ3v) is 4.48. The average Bonchev–Trinajstić information content (AvgIpc) is 2.39. The minimum Gasteiger partial charge on any atom is -0.382 e. The highest BCUT2D eigenvalue weighted by Crippen LogP contribution is 2.26. The van der Waals surface area contributed by atoms with E-state index in [1.54, 1.807) is 31.1 Å². The first-order valence-corrected chi connectivity index (χ1v) is 7.96. The van der Waals surface area contributed by atoms with Crippen molar-refractivity contribution >= 4 is 35.0 Å². The molecule has 1 aliphatic rings. The van der Waals surface area contributed by atoms with Crippen molar-refractivity contribution in [2.24, 2.45) is 0 Å². The summed E-state index contributed by atoms with van der Waals surface area (Å²) in [5.74, 6) is 2.36. The lowest BCUT2D eigenvalue weighted by Crippen LogP contribution is -2.27. The van der Waals surface area contributed by atoms with Crippen LogP contribution < -0.4 is 5.32 Å². The van der Waals surface area contributed by atoms with E-state index in [0.717, 1.165) is 18.5 Å². The lowest BCUT2D eigenvalue weighted by Gasteiger charge is -2.25. The third kappa shape index (κ3) is 3.80. The van der Waals surface area contributed by atoms with Crippen LogP contribution in [0.2, 0.25) is 5.02 Å². The highest BCUT2D eigenvalue weighted by Gasteiger charge is 2.18. The Morgan fingerprint density at radius 3 is 2.68 bits per heavy atom. The highest BCUT2D eigenvalue weighted by atomic mass is 35.5. The first-order valence-electron chi connectivity index (χ1n) is 6.43. The molecule has 0 spiro atoms. The van der Waals surface area contributed by atoms with Crippen molar-refractivity contribution < 1.29 is 4.79 Å². The molecule has 0 aromatic heterocycles. The Morgan fingerprint density at radius 2 is 2.05 bits per heavy atom. The number of nitrogens with one attached hydrogen (secondary N) is 1. The molecule has 5 heteroatoms. The van der Waals surface area contributed by atoms with E-state index < -0.39 is 0 Å². The molecule has 0 bridgehead atoms. The second kappa shape index (κ2) is 6.53. The molecule has 2 rings (SSSR count). The second-order valence-corrected chi connectivity index (χ2v) is 6.58. The number of rotatable bonds is 3. The maximum atomic E-state index is 12.2. The number of carbonyl (C=O) groups excluding carboxylic acids is 1. The number of benzene rings is 1. The van der Waals surface area contributed by atoms with Gasteiger partial charge in [-0.3, -0.25) is 4.79 Å². The first kappa shape index (κ1) is 14.5. The predicted octanol–water partition coefficient (Wildman–Crippen LogP) is 3.35. The van der Waals surface area contributed by atoms with Crippen LogP contribution in [0.15, 0.2) is 18.2 Å². The van der Waals surface area contributed by atoms with Gasteiger partial charge in [0.15, 0.2) is 0 Å². The molecule has 1 aromatic carbocycles. The van der Waals surface area contributed by atoms with Crippen molar-refractivity contribution in [3.05, 3.63) is 28.8 Å². The molecule has 1 amide bonds. The molecule has 1 saturated heterocycles. The first-order chi connectivity index (χ1) is 9.08. The van der Waals surface area contributed by atoms with Crippen molar-refractivity contribution in [2.45, 2.75) is 18.9 Å². The Balaban J connectivity index is 2.21. The van der Waals surface area contributed by atoms with Crippen LogP contribution in [0, 0.1) is 0 Å².